The second-order valence-electron chi connectivity index (χ2n) is 2.15. The van der Waals surface area contributed by atoms with Crippen molar-refractivity contribution in [1.82, 2.24) is 0 Å². The first-order valence-electron chi connectivity index (χ1n) is 2.91. The van der Waals surface area contributed by atoms with Crippen molar-refractivity contribution in [3.63, 3.8) is 0 Å². The van der Waals surface area contributed by atoms with Crippen molar-refractivity contribution in [2.24, 2.45) is 0 Å². The maximum absolute atomic E-state index is 5.26. The molecule has 0 radical (unpaired) electrons. The highest BCUT2D eigenvalue weighted by Crippen LogP contribution is 2.52. The number of hydrogen-bond donors (Lipinski definition) is 0. The fourth-order valence-corrected chi connectivity index (χ4v) is 3.77. The molecule has 0 N–H and O–H groups in total. The van der Waals surface area contributed by atoms with Crippen LogP contribution in [0.2, 0.25) is 0 Å². The molecule has 0 aromatic rings. The average Bonchev–Trinajstić information content (AvgIpc) is 2.17. The van der Waals surface area contributed by atoms with Crippen LogP contribution in [0.3, 0.4) is 0 Å². The predicted molar refractivity (Wildman–Crippen MR) is 40.3 cm³/mol. The number of rotatable bonds is 1. The Balaban J connectivity index is 2.53. The lowest BCUT2D eigenvalue weighted by atomic mass is 10.4. The van der Waals surface area contributed by atoms with Gasteiger partial charge in [-0.15, -0.1) is 0 Å². The lowest BCUT2D eigenvalue weighted by Gasteiger charge is -2.09. The molecular formula is C5H11OPS. The van der Waals surface area contributed by atoms with Crippen molar-refractivity contribution in [2.45, 2.75) is 12.8 Å². The smallest absolute Gasteiger partial charge is 0.0670 e. The molecule has 1 nitrogen and oxygen atoms in total. The molecule has 1 saturated heterocycles. The summed E-state index contributed by atoms with van der Waals surface area (Å²) in [7, 11) is 1.76. The molecule has 1 aliphatic rings. The average molecular weight is 150 g/mol. The first-order chi connectivity index (χ1) is 3.77. The van der Waals surface area contributed by atoms with Gasteiger partial charge in [-0.2, -0.15) is 0 Å². The molecule has 1 heterocycles. The van der Waals surface area contributed by atoms with Crippen molar-refractivity contribution in [1.29, 1.82) is 0 Å². The standard InChI is InChI=1S/C5H11OPS/c1-6-7(8)4-2-3-5-7/h2-5H2,1H3. The van der Waals surface area contributed by atoms with Gasteiger partial charge in [0.25, 0.3) is 0 Å². The van der Waals surface area contributed by atoms with Crippen LogP contribution in [0.4, 0.5) is 0 Å². The van der Waals surface area contributed by atoms with Crippen molar-refractivity contribution in [3.05, 3.63) is 0 Å². The maximum Gasteiger partial charge on any atom is 0.0670 e. The van der Waals surface area contributed by atoms with Crippen LogP contribution in [-0.2, 0) is 16.3 Å². The van der Waals surface area contributed by atoms with E-state index in [2.05, 4.69) is 0 Å². The summed E-state index contributed by atoms with van der Waals surface area (Å²) in [5, 5.41) is 0. The van der Waals surface area contributed by atoms with Gasteiger partial charge < -0.3 is 4.52 Å². The summed E-state index contributed by atoms with van der Waals surface area (Å²) in [5.74, 6) is 0. The monoisotopic (exact) mass is 150 g/mol. The van der Waals surface area contributed by atoms with Gasteiger partial charge in [0.05, 0.1) is 6.26 Å². The van der Waals surface area contributed by atoms with E-state index in [0.29, 0.717) is 0 Å². The SMILES string of the molecule is COP1(=S)CCCC1. The Morgan fingerprint density at radius 3 is 2.12 bits per heavy atom. The fourth-order valence-electron chi connectivity index (χ4n) is 1.000. The van der Waals surface area contributed by atoms with E-state index >= 15 is 0 Å². The topological polar surface area (TPSA) is 9.23 Å². The normalized spacial score (nSPS) is 26.1. The zero-order valence-corrected chi connectivity index (χ0v) is 6.80. The van der Waals surface area contributed by atoms with Crippen LogP contribution < -0.4 is 0 Å². The summed E-state index contributed by atoms with van der Waals surface area (Å²) in [4.78, 5) is 0. The van der Waals surface area contributed by atoms with E-state index in [1.165, 1.54) is 25.2 Å². The van der Waals surface area contributed by atoms with Crippen LogP contribution in [0.15, 0.2) is 0 Å². The van der Waals surface area contributed by atoms with Crippen molar-refractivity contribution in [2.75, 3.05) is 19.4 Å². The molecule has 0 aromatic heterocycles. The molecule has 0 aliphatic carbocycles. The molecule has 1 rings (SSSR count). The van der Waals surface area contributed by atoms with E-state index in [4.69, 9.17) is 16.3 Å². The van der Waals surface area contributed by atoms with Crippen molar-refractivity contribution >= 4 is 18.1 Å². The van der Waals surface area contributed by atoms with Gasteiger partial charge in [0.2, 0.25) is 0 Å². The first-order valence-corrected chi connectivity index (χ1v) is 6.00. The summed E-state index contributed by atoms with van der Waals surface area (Å²) < 4.78 is 5.22. The molecule has 3 heteroatoms. The predicted octanol–water partition coefficient (Wildman–Crippen LogP) is 1.82. The van der Waals surface area contributed by atoms with Crippen LogP contribution in [0.1, 0.15) is 12.8 Å². The Hall–Kier alpha value is 0.610. The largest absolute Gasteiger partial charge is 0.354 e. The summed E-state index contributed by atoms with van der Waals surface area (Å²) in [6, 6.07) is 0. The summed E-state index contributed by atoms with van der Waals surface area (Å²) >= 11 is 5.26. The molecule has 0 saturated carbocycles. The van der Waals surface area contributed by atoms with Crippen LogP contribution in [0.25, 0.3) is 0 Å². The molecule has 0 unspecified atom stereocenters. The molecule has 0 atom stereocenters. The highest BCUT2D eigenvalue weighted by atomic mass is 32.4. The maximum atomic E-state index is 5.26. The summed E-state index contributed by atoms with van der Waals surface area (Å²) in [5.41, 5.74) is 0. The van der Waals surface area contributed by atoms with Crippen LogP contribution in [0.5, 0.6) is 0 Å². The Kier molecular flexibility index (Phi) is 2.07. The van der Waals surface area contributed by atoms with E-state index in [1.807, 2.05) is 0 Å². The molecule has 48 valence electrons. The van der Waals surface area contributed by atoms with E-state index in [9.17, 15) is 0 Å². The van der Waals surface area contributed by atoms with Crippen molar-refractivity contribution < 1.29 is 4.52 Å². The molecule has 1 fully saturated rings. The minimum Gasteiger partial charge on any atom is -0.354 e. The van der Waals surface area contributed by atoms with Gasteiger partial charge >= 0.3 is 0 Å². The van der Waals surface area contributed by atoms with Crippen LogP contribution >= 0.6 is 6.26 Å². The van der Waals surface area contributed by atoms with Gasteiger partial charge in [-0.3, -0.25) is 0 Å². The van der Waals surface area contributed by atoms with E-state index < -0.39 is 6.26 Å². The Morgan fingerprint density at radius 1 is 1.38 bits per heavy atom. The van der Waals surface area contributed by atoms with Gasteiger partial charge in [-0.25, -0.2) is 0 Å². The zero-order chi connectivity index (χ0) is 6.04. The Morgan fingerprint density at radius 2 is 1.88 bits per heavy atom. The summed E-state index contributed by atoms with van der Waals surface area (Å²) in [6.45, 7) is 0. The van der Waals surface area contributed by atoms with Crippen molar-refractivity contribution in [3.8, 4) is 0 Å². The van der Waals surface area contributed by atoms with Gasteiger partial charge in [0.1, 0.15) is 0 Å². The molecular weight excluding hydrogens is 139 g/mol. The van der Waals surface area contributed by atoms with Crippen LogP contribution in [-0.4, -0.2) is 19.4 Å². The third-order valence-electron chi connectivity index (χ3n) is 1.58. The second kappa shape index (κ2) is 2.47. The Labute approximate surface area is 55.5 Å². The van der Waals surface area contributed by atoms with Gasteiger partial charge in [-0.05, 0) is 25.2 Å². The highest BCUT2D eigenvalue weighted by Gasteiger charge is 2.20. The molecule has 0 amide bonds. The lowest BCUT2D eigenvalue weighted by molar-refractivity contribution is 0.462. The minimum atomic E-state index is -1.22. The second-order valence-corrected chi connectivity index (χ2v) is 7.04. The van der Waals surface area contributed by atoms with Gasteiger partial charge in [0, 0.05) is 7.11 Å². The van der Waals surface area contributed by atoms with Crippen LogP contribution in [0, 0.1) is 0 Å². The molecule has 1 aliphatic heterocycles. The molecule has 0 aromatic carbocycles. The van der Waals surface area contributed by atoms with Gasteiger partial charge in [-0.1, -0.05) is 11.8 Å². The molecule has 8 heavy (non-hydrogen) atoms. The van der Waals surface area contributed by atoms with E-state index in [1.54, 1.807) is 7.11 Å². The molecule has 0 bridgehead atoms. The first kappa shape index (κ1) is 6.73. The van der Waals surface area contributed by atoms with E-state index in [0.717, 1.165) is 0 Å². The fraction of sp³-hybridized carbons (Fsp3) is 1.00. The quantitative estimate of drug-likeness (QED) is 0.527. The van der Waals surface area contributed by atoms with E-state index in [-0.39, 0.29) is 0 Å². The lowest BCUT2D eigenvalue weighted by Crippen LogP contribution is -1.83. The zero-order valence-electron chi connectivity index (χ0n) is 5.09. The molecule has 0 spiro atoms. The van der Waals surface area contributed by atoms with Gasteiger partial charge in [0.15, 0.2) is 0 Å². The third-order valence-corrected chi connectivity index (χ3v) is 5.78. The third kappa shape index (κ3) is 1.31. The minimum absolute atomic E-state index is 1.18. The summed E-state index contributed by atoms with van der Waals surface area (Å²) in [6.07, 6.45) is 3.73. The number of hydrogen-bond acceptors (Lipinski definition) is 2. The Bertz CT molecular complexity index is 114. The highest BCUT2D eigenvalue weighted by molar-refractivity contribution is 8.12.